The summed E-state index contributed by atoms with van der Waals surface area (Å²) in [4.78, 5) is 7.89. The molecule has 6 heteroatoms. The molecular weight excluding hydrogens is 188 g/mol. The van der Waals surface area contributed by atoms with Gasteiger partial charge in [0, 0.05) is 11.3 Å². The van der Waals surface area contributed by atoms with Crippen LogP contribution < -0.4 is 11.3 Å². The summed E-state index contributed by atoms with van der Waals surface area (Å²) >= 11 is 1.48. The molecule has 0 aromatic carbocycles. The van der Waals surface area contributed by atoms with Gasteiger partial charge >= 0.3 is 0 Å². The first-order chi connectivity index (χ1) is 6.26. The van der Waals surface area contributed by atoms with Gasteiger partial charge in [-0.15, -0.1) is 11.8 Å². The van der Waals surface area contributed by atoms with E-state index in [0.717, 1.165) is 5.03 Å². The van der Waals surface area contributed by atoms with Gasteiger partial charge in [0.1, 0.15) is 17.2 Å². The lowest BCUT2D eigenvalue weighted by molar-refractivity contribution is 0.300. The fourth-order valence-corrected chi connectivity index (χ4v) is 1.50. The normalized spacial score (nSPS) is 12.5. The van der Waals surface area contributed by atoms with Crippen LogP contribution in [0.3, 0.4) is 0 Å². The Morgan fingerprint density at radius 2 is 2.46 bits per heavy atom. The van der Waals surface area contributed by atoms with Gasteiger partial charge in [-0.2, -0.15) is 0 Å². The second kappa shape index (κ2) is 5.00. The van der Waals surface area contributed by atoms with Gasteiger partial charge in [-0.05, 0) is 0 Å². The maximum atomic E-state index is 8.82. The number of aliphatic hydroxyl groups is 1. The molecule has 1 unspecified atom stereocenters. The van der Waals surface area contributed by atoms with Crippen LogP contribution in [0, 0.1) is 0 Å². The lowest BCUT2D eigenvalue weighted by atomic mass is 10.5. The summed E-state index contributed by atoms with van der Waals surface area (Å²) in [5, 5.41) is 9.74. The van der Waals surface area contributed by atoms with Gasteiger partial charge in [0.05, 0.1) is 6.61 Å². The average Bonchev–Trinajstić information content (AvgIpc) is 2.18. The van der Waals surface area contributed by atoms with E-state index in [0.29, 0.717) is 5.82 Å². The standard InChI is InChI=1S/C7H12N4OS/c1-5(3-12)13-7-2-6(11-8)9-4-10-7/h2,4-5,12H,3,8H2,1H3,(H,9,10,11). The third kappa shape index (κ3) is 3.17. The number of nitrogens with two attached hydrogens (primary N) is 1. The van der Waals surface area contributed by atoms with Gasteiger partial charge < -0.3 is 10.5 Å². The summed E-state index contributed by atoms with van der Waals surface area (Å²) < 4.78 is 0. The first-order valence-electron chi connectivity index (χ1n) is 3.82. The number of nitrogens with zero attached hydrogens (tertiary/aromatic N) is 2. The molecule has 0 saturated heterocycles. The summed E-state index contributed by atoms with van der Waals surface area (Å²) in [7, 11) is 0. The Hall–Kier alpha value is -0.850. The molecule has 5 nitrogen and oxygen atoms in total. The molecule has 0 spiro atoms. The molecule has 0 aliphatic rings. The van der Waals surface area contributed by atoms with Crippen LogP contribution in [0.15, 0.2) is 17.4 Å². The number of rotatable bonds is 4. The Balaban J connectivity index is 2.66. The second-order valence-corrected chi connectivity index (χ2v) is 3.96. The zero-order valence-electron chi connectivity index (χ0n) is 7.27. The smallest absolute Gasteiger partial charge is 0.144 e. The first-order valence-corrected chi connectivity index (χ1v) is 4.70. The zero-order valence-corrected chi connectivity index (χ0v) is 8.08. The Bertz CT molecular complexity index is 270. The molecule has 0 amide bonds. The summed E-state index contributed by atoms with van der Waals surface area (Å²) in [6.45, 7) is 2.04. The van der Waals surface area contributed by atoms with Crippen LogP contribution in [0.4, 0.5) is 5.82 Å². The van der Waals surface area contributed by atoms with Gasteiger partial charge in [-0.3, -0.25) is 0 Å². The quantitative estimate of drug-likeness (QED) is 0.279. The summed E-state index contributed by atoms with van der Waals surface area (Å²) in [5.74, 6) is 5.75. The summed E-state index contributed by atoms with van der Waals surface area (Å²) in [6.07, 6.45) is 1.43. The molecular formula is C7H12N4OS. The van der Waals surface area contributed by atoms with Crippen LogP contribution in [0.25, 0.3) is 0 Å². The van der Waals surface area contributed by atoms with E-state index in [1.165, 1.54) is 18.1 Å². The highest BCUT2D eigenvalue weighted by molar-refractivity contribution is 7.99. The minimum atomic E-state index is 0.125. The number of aliphatic hydroxyl groups excluding tert-OH is 1. The van der Waals surface area contributed by atoms with Crippen molar-refractivity contribution in [1.82, 2.24) is 9.97 Å². The highest BCUT2D eigenvalue weighted by atomic mass is 32.2. The van der Waals surface area contributed by atoms with Crippen molar-refractivity contribution in [2.45, 2.75) is 17.2 Å². The minimum Gasteiger partial charge on any atom is -0.395 e. The lowest BCUT2D eigenvalue weighted by Crippen LogP contribution is -2.09. The molecule has 0 fully saturated rings. The Morgan fingerprint density at radius 3 is 3.08 bits per heavy atom. The SMILES string of the molecule is CC(CO)Sc1cc(NN)ncn1. The average molecular weight is 200 g/mol. The molecule has 4 N–H and O–H groups in total. The molecule has 0 bridgehead atoms. The Morgan fingerprint density at radius 1 is 1.69 bits per heavy atom. The number of hydrogen-bond donors (Lipinski definition) is 3. The Kier molecular flexibility index (Phi) is 3.94. The van der Waals surface area contributed by atoms with E-state index in [1.54, 1.807) is 6.07 Å². The van der Waals surface area contributed by atoms with E-state index in [9.17, 15) is 0 Å². The number of hydrogen-bond acceptors (Lipinski definition) is 6. The van der Waals surface area contributed by atoms with E-state index in [1.807, 2.05) is 6.92 Å². The molecule has 1 aromatic heterocycles. The third-order valence-corrected chi connectivity index (χ3v) is 2.39. The first kappa shape index (κ1) is 10.2. The topological polar surface area (TPSA) is 84.1 Å². The van der Waals surface area contributed by atoms with Gasteiger partial charge in [0.2, 0.25) is 0 Å². The molecule has 0 aliphatic carbocycles. The predicted molar refractivity (Wildman–Crippen MR) is 52.2 cm³/mol. The van der Waals surface area contributed by atoms with Crippen molar-refractivity contribution in [3.8, 4) is 0 Å². The molecule has 0 saturated carbocycles. The van der Waals surface area contributed by atoms with Crippen LogP contribution in [0.2, 0.25) is 0 Å². The molecule has 72 valence electrons. The van der Waals surface area contributed by atoms with Crippen LogP contribution in [-0.4, -0.2) is 26.9 Å². The number of aromatic nitrogens is 2. The highest BCUT2D eigenvalue weighted by Crippen LogP contribution is 2.21. The number of hydrazine groups is 1. The largest absolute Gasteiger partial charge is 0.395 e. The third-order valence-electron chi connectivity index (χ3n) is 1.37. The highest BCUT2D eigenvalue weighted by Gasteiger charge is 2.04. The molecule has 13 heavy (non-hydrogen) atoms. The minimum absolute atomic E-state index is 0.125. The van der Waals surface area contributed by atoms with Crippen LogP contribution in [-0.2, 0) is 0 Å². The summed E-state index contributed by atoms with van der Waals surface area (Å²) in [5.41, 5.74) is 2.43. The molecule has 1 aromatic rings. The number of thioether (sulfide) groups is 1. The molecule has 1 rings (SSSR count). The zero-order chi connectivity index (χ0) is 9.68. The van der Waals surface area contributed by atoms with E-state index >= 15 is 0 Å². The van der Waals surface area contributed by atoms with Crippen molar-refractivity contribution in [1.29, 1.82) is 0 Å². The van der Waals surface area contributed by atoms with Crippen molar-refractivity contribution < 1.29 is 5.11 Å². The van der Waals surface area contributed by atoms with E-state index in [2.05, 4.69) is 15.4 Å². The van der Waals surface area contributed by atoms with Gasteiger partial charge in [0.15, 0.2) is 0 Å². The molecule has 1 heterocycles. The van der Waals surface area contributed by atoms with E-state index in [-0.39, 0.29) is 11.9 Å². The molecule has 0 radical (unpaired) electrons. The van der Waals surface area contributed by atoms with Gasteiger partial charge in [-0.1, -0.05) is 6.92 Å². The summed E-state index contributed by atoms with van der Waals surface area (Å²) in [6, 6.07) is 1.73. The van der Waals surface area contributed by atoms with E-state index in [4.69, 9.17) is 10.9 Å². The Labute approximate surface area is 80.7 Å². The number of nitrogens with one attached hydrogen (secondary N) is 1. The van der Waals surface area contributed by atoms with Crippen molar-refractivity contribution in [3.63, 3.8) is 0 Å². The monoisotopic (exact) mass is 200 g/mol. The van der Waals surface area contributed by atoms with Crippen molar-refractivity contribution in [2.24, 2.45) is 5.84 Å². The molecule has 0 aliphatic heterocycles. The van der Waals surface area contributed by atoms with Crippen molar-refractivity contribution in [3.05, 3.63) is 12.4 Å². The fraction of sp³-hybridized carbons (Fsp3) is 0.429. The van der Waals surface area contributed by atoms with Crippen molar-refractivity contribution in [2.75, 3.05) is 12.0 Å². The van der Waals surface area contributed by atoms with Crippen LogP contribution in [0.1, 0.15) is 6.92 Å². The number of anilines is 1. The maximum absolute atomic E-state index is 8.82. The maximum Gasteiger partial charge on any atom is 0.144 e. The predicted octanol–water partition coefficient (Wildman–Crippen LogP) is 0.235. The van der Waals surface area contributed by atoms with Crippen LogP contribution >= 0.6 is 11.8 Å². The van der Waals surface area contributed by atoms with Gasteiger partial charge in [0.25, 0.3) is 0 Å². The van der Waals surface area contributed by atoms with Crippen molar-refractivity contribution >= 4 is 17.6 Å². The second-order valence-electron chi connectivity index (χ2n) is 2.50. The molecule has 1 atom stereocenters. The number of nitrogen functional groups attached to an aromatic ring is 1. The van der Waals surface area contributed by atoms with Gasteiger partial charge in [-0.25, -0.2) is 15.8 Å². The fourth-order valence-electron chi connectivity index (χ4n) is 0.726. The van der Waals surface area contributed by atoms with E-state index < -0.39 is 0 Å². The lowest BCUT2D eigenvalue weighted by Gasteiger charge is -2.06. The van der Waals surface area contributed by atoms with Crippen LogP contribution in [0.5, 0.6) is 0 Å².